The van der Waals surface area contributed by atoms with E-state index in [-0.39, 0.29) is 23.8 Å². The third-order valence-electron chi connectivity index (χ3n) is 8.95. The van der Waals surface area contributed by atoms with Gasteiger partial charge in [0.15, 0.2) is 0 Å². The smallest absolute Gasteiger partial charge is 0.237 e. The van der Waals surface area contributed by atoms with Crippen LogP contribution >= 0.6 is 23.2 Å². The van der Waals surface area contributed by atoms with E-state index in [9.17, 15) is 9.59 Å². The molecule has 0 bridgehead atoms. The number of ether oxygens (including phenoxy) is 2. The van der Waals surface area contributed by atoms with Gasteiger partial charge in [-0.3, -0.25) is 24.5 Å². The van der Waals surface area contributed by atoms with Crippen LogP contribution in [0.5, 0.6) is 11.8 Å². The van der Waals surface area contributed by atoms with E-state index in [4.69, 9.17) is 48.4 Å². The first-order chi connectivity index (χ1) is 23.2. The summed E-state index contributed by atoms with van der Waals surface area (Å²) in [7, 11) is 3.13. The van der Waals surface area contributed by atoms with Crippen molar-refractivity contribution >= 4 is 35.0 Å². The fourth-order valence-corrected chi connectivity index (χ4v) is 7.02. The first-order valence-corrected chi connectivity index (χ1v) is 16.7. The molecule has 11 nitrogen and oxygen atoms in total. The van der Waals surface area contributed by atoms with E-state index in [2.05, 4.69) is 20.2 Å². The average molecular weight is 691 g/mol. The van der Waals surface area contributed by atoms with Gasteiger partial charge in [-0.25, -0.2) is 9.97 Å². The molecular weight excluding hydrogens is 653 g/mol. The van der Waals surface area contributed by atoms with Gasteiger partial charge in [0.2, 0.25) is 23.6 Å². The number of aromatic nitrogens is 4. The van der Waals surface area contributed by atoms with Crippen LogP contribution in [-0.2, 0) is 22.6 Å². The molecule has 250 valence electrons. The van der Waals surface area contributed by atoms with Gasteiger partial charge >= 0.3 is 0 Å². The number of carbonyl (C=O) groups excluding carboxylic acids is 2. The van der Waals surface area contributed by atoms with Gasteiger partial charge in [-0.05, 0) is 38.6 Å². The Morgan fingerprint density at radius 1 is 0.917 bits per heavy atom. The third-order valence-corrected chi connectivity index (χ3v) is 9.76. The zero-order chi connectivity index (χ0) is 33.8. The summed E-state index contributed by atoms with van der Waals surface area (Å²) in [5.74, 6) is 0.506. The van der Waals surface area contributed by atoms with E-state index in [0.717, 1.165) is 49.0 Å². The topological polar surface area (TPSA) is 145 Å². The van der Waals surface area contributed by atoms with Gasteiger partial charge in [-0.1, -0.05) is 59.6 Å². The third kappa shape index (κ3) is 7.23. The summed E-state index contributed by atoms with van der Waals surface area (Å²) in [6.07, 6.45) is 7.99. The van der Waals surface area contributed by atoms with Crippen molar-refractivity contribution < 1.29 is 19.1 Å². The Kier molecular flexibility index (Phi) is 10.4. The lowest BCUT2D eigenvalue weighted by Gasteiger charge is -2.17. The Bertz CT molecular complexity index is 1840. The Balaban J connectivity index is 1.23. The van der Waals surface area contributed by atoms with Crippen LogP contribution in [0.2, 0.25) is 10.0 Å². The molecule has 6 rings (SSSR count). The van der Waals surface area contributed by atoms with Crippen LogP contribution in [0.1, 0.15) is 43.5 Å². The van der Waals surface area contributed by atoms with E-state index < -0.39 is 0 Å². The van der Waals surface area contributed by atoms with Gasteiger partial charge in [-0.2, -0.15) is 0 Å². The molecule has 13 heteroatoms. The van der Waals surface area contributed by atoms with Crippen molar-refractivity contribution in [3.8, 4) is 45.4 Å². The molecule has 2 aromatic heterocycles. The van der Waals surface area contributed by atoms with E-state index >= 15 is 0 Å². The number of likely N-dealkylation sites (tertiary alicyclic amines) is 1. The number of hydrogen-bond donors (Lipinski definition) is 2. The van der Waals surface area contributed by atoms with Crippen molar-refractivity contribution in [3.05, 3.63) is 70.2 Å². The molecule has 4 aromatic rings. The van der Waals surface area contributed by atoms with Gasteiger partial charge in [0.05, 0.1) is 54.0 Å². The fourth-order valence-electron chi connectivity index (χ4n) is 6.37. The number of nitrogens with two attached hydrogens (primary N) is 1. The number of aryl methyl sites for hydroxylation is 1. The molecule has 2 aliphatic heterocycles. The van der Waals surface area contributed by atoms with Crippen LogP contribution < -0.4 is 20.5 Å². The number of carbonyl (C=O) groups is 2. The second-order valence-corrected chi connectivity index (χ2v) is 12.8. The fraction of sp³-hybridized carbons (Fsp3) is 0.371. The molecule has 2 atom stereocenters. The number of amides is 2. The Morgan fingerprint density at radius 3 is 2.04 bits per heavy atom. The standard InChI is InChI=1S/C35H37Cl2N7O4/c1-47-34-26(11-3-6-21-12-13-30(45)41-21)39-16-27(42-34)24-9-4-7-22(31(24)36)23-8-5-10-25(32(23)37)28-17-40-29(35(43-28)48-2)19-44-15-14-20(18-44)33(38)46/h4-5,7-10,16-17,20-21H,3,6,11-15,18-19H2,1-2H3,(H2,38,46)(H,41,45)/t20-,21-/m1/s1. The number of primary amides is 1. The van der Waals surface area contributed by atoms with Crippen LogP contribution in [0, 0.1) is 5.92 Å². The zero-order valence-corrected chi connectivity index (χ0v) is 28.4. The summed E-state index contributed by atoms with van der Waals surface area (Å²) in [6, 6.07) is 11.6. The molecule has 0 saturated carbocycles. The Morgan fingerprint density at radius 2 is 1.50 bits per heavy atom. The normalized spacial score (nSPS) is 17.8. The molecule has 3 N–H and O–H groups in total. The quantitative estimate of drug-likeness (QED) is 0.197. The molecule has 2 aliphatic rings. The van der Waals surface area contributed by atoms with Gasteiger partial charge in [0.1, 0.15) is 11.4 Å². The minimum absolute atomic E-state index is 0.118. The molecule has 2 amide bonds. The SMILES string of the molecule is COc1nc(-c2cccc(-c3cccc(-c4cnc(CN5CC[C@@H](C(N)=O)C5)c(OC)n4)c3Cl)c2Cl)cnc1CCC[C@@H]1CCC(=O)N1. The van der Waals surface area contributed by atoms with Gasteiger partial charge < -0.3 is 20.5 Å². The first-order valence-electron chi connectivity index (χ1n) is 15.9. The second-order valence-electron chi connectivity index (χ2n) is 12.1. The minimum atomic E-state index is -0.282. The number of nitrogens with zero attached hydrogens (tertiary/aromatic N) is 5. The maximum absolute atomic E-state index is 11.6. The molecule has 0 unspecified atom stereocenters. The molecule has 2 aromatic carbocycles. The number of benzene rings is 2. The largest absolute Gasteiger partial charge is 0.480 e. The number of hydrogen-bond acceptors (Lipinski definition) is 9. The van der Waals surface area contributed by atoms with Crippen LogP contribution in [0.25, 0.3) is 33.6 Å². The predicted molar refractivity (Wildman–Crippen MR) is 184 cm³/mol. The summed E-state index contributed by atoms with van der Waals surface area (Å²) < 4.78 is 11.2. The van der Waals surface area contributed by atoms with E-state index in [1.807, 2.05) is 36.4 Å². The lowest BCUT2D eigenvalue weighted by Crippen LogP contribution is -2.27. The van der Waals surface area contributed by atoms with Crippen molar-refractivity contribution in [2.24, 2.45) is 11.7 Å². The average Bonchev–Trinajstić information content (AvgIpc) is 3.74. The van der Waals surface area contributed by atoms with E-state index in [1.165, 1.54) is 0 Å². The second kappa shape index (κ2) is 14.8. The number of rotatable bonds is 12. The van der Waals surface area contributed by atoms with Gasteiger partial charge in [0, 0.05) is 47.8 Å². The first kappa shape index (κ1) is 33.6. The van der Waals surface area contributed by atoms with Crippen LogP contribution in [0.4, 0.5) is 0 Å². The molecule has 48 heavy (non-hydrogen) atoms. The van der Waals surface area contributed by atoms with Crippen molar-refractivity contribution in [2.75, 3.05) is 27.3 Å². The number of halogens is 2. The zero-order valence-electron chi connectivity index (χ0n) is 26.8. The van der Waals surface area contributed by atoms with Crippen molar-refractivity contribution in [3.63, 3.8) is 0 Å². The lowest BCUT2D eigenvalue weighted by molar-refractivity contribution is -0.121. The van der Waals surface area contributed by atoms with Crippen molar-refractivity contribution in [2.45, 2.75) is 51.1 Å². The van der Waals surface area contributed by atoms with Crippen LogP contribution in [0.3, 0.4) is 0 Å². The summed E-state index contributed by atoms with van der Waals surface area (Å²) in [6.45, 7) is 1.82. The summed E-state index contributed by atoms with van der Waals surface area (Å²) in [5.41, 5.74) is 10.8. The maximum atomic E-state index is 11.6. The molecular formula is C35H37Cl2N7O4. The highest BCUT2D eigenvalue weighted by molar-refractivity contribution is 6.39. The van der Waals surface area contributed by atoms with E-state index in [0.29, 0.717) is 75.9 Å². The van der Waals surface area contributed by atoms with Crippen molar-refractivity contribution in [1.29, 1.82) is 0 Å². The Hall–Kier alpha value is -4.32. The highest BCUT2D eigenvalue weighted by atomic mass is 35.5. The summed E-state index contributed by atoms with van der Waals surface area (Å²) >= 11 is 14.1. The molecule has 0 radical (unpaired) electrons. The highest BCUT2D eigenvalue weighted by Gasteiger charge is 2.28. The molecule has 4 heterocycles. The van der Waals surface area contributed by atoms with E-state index in [1.54, 1.807) is 26.6 Å². The Labute approximate surface area is 289 Å². The summed E-state index contributed by atoms with van der Waals surface area (Å²) in [5, 5.41) is 3.94. The lowest BCUT2D eigenvalue weighted by atomic mass is 9.98. The summed E-state index contributed by atoms with van der Waals surface area (Å²) in [4.78, 5) is 44.1. The highest BCUT2D eigenvalue weighted by Crippen LogP contribution is 2.42. The number of methoxy groups -OCH3 is 2. The monoisotopic (exact) mass is 689 g/mol. The maximum Gasteiger partial charge on any atom is 0.237 e. The molecule has 0 aliphatic carbocycles. The molecule has 2 saturated heterocycles. The van der Waals surface area contributed by atoms with Crippen molar-refractivity contribution in [1.82, 2.24) is 30.2 Å². The molecule has 2 fully saturated rings. The predicted octanol–water partition coefficient (Wildman–Crippen LogP) is 5.50. The van der Waals surface area contributed by atoms with Crippen LogP contribution in [0.15, 0.2) is 48.8 Å². The minimum Gasteiger partial charge on any atom is -0.480 e. The van der Waals surface area contributed by atoms with Gasteiger partial charge in [0.25, 0.3) is 0 Å². The van der Waals surface area contributed by atoms with Crippen LogP contribution in [-0.4, -0.2) is 70.0 Å². The molecule has 0 spiro atoms. The number of nitrogens with one attached hydrogen (secondary N) is 1. The van der Waals surface area contributed by atoms with Gasteiger partial charge in [-0.15, -0.1) is 0 Å².